The average molecular weight is 820 g/mol. The molecule has 0 saturated carbocycles. The van der Waals surface area contributed by atoms with Crippen LogP contribution in [0.15, 0.2) is 12.7 Å². The Morgan fingerprint density at radius 2 is 1.81 bits per heavy atom. The van der Waals surface area contributed by atoms with Crippen molar-refractivity contribution < 1.29 is 75.4 Å². The first kappa shape index (κ1) is 40.2. The number of fused-ring (bicyclic) bond motifs is 2. The fourth-order valence-corrected chi connectivity index (χ4v) is 10.2. The maximum absolute atomic E-state index is 12.8. The Balaban J connectivity index is 1.11. The minimum absolute atomic E-state index is 0.0219. The number of nitrogens with two attached hydrogens (primary N) is 1. The summed E-state index contributed by atoms with van der Waals surface area (Å²) >= 11 is 1.79. The Bertz CT molecular complexity index is 1780. The van der Waals surface area contributed by atoms with Gasteiger partial charge < -0.3 is 61.2 Å². The van der Waals surface area contributed by atoms with E-state index in [9.17, 15) is 43.0 Å². The van der Waals surface area contributed by atoms with Crippen LogP contribution in [0.2, 0.25) is 0 Å². The van der Waals surface area contributed by atoms with Crippen molar-refractivity contribution in [2.75, 3.05) is 31.2 Å². The van der Waals surface area contributed by atoms with Crippen molar-refractivity contribution in [1.29, 1.82) is 0 Å². The molecule has 0 spiro atoms. The molecule has 0 aliphatic carbocycles. The molecule has 2 unspecified atom stereocenters. The monoisotopic (exact) mass is 819 g/mol. The summed E-state index contributed by atoms with van der Waals surface area (Å²) in [6.07, 6.45) is -2.71. The van der Waals surface area contributed by atoms with Crippen LogP contribution >= 0.6 is 35.2 Å². The molecule has 3 aliphatic rings. The highest BCUT2D eigenvalue weighted by atomic mass is 32.2. The number of aliphatic hydroxyl groups excluding tert-OH is 1. The number of urea groups is 1. The van der Waals surface area contributed by atoms with Gasteiger partial charge in [-0.2, -0.15) is 20.4 Å². The normalized spacial score (nSPS) is 28.0. The largest absolute Gasteiger partial charge is 0.490 e. The SMILES string of the molecule is Nc1ncnc2c1ncn2[C@@H]1O[C@H](COP(=O)(O)OP(=O)(O)OP(=O)(O)O)[C@@H](O)[C@H]1OC(=O)NCCNC(=O)CCCC[C@@H]1SC[C@@H]2NC(=O)N[C@@H]21. The lowest BCUT2D eigenvalue weighted by Crippen LogP contribution is -2.41. The third-order valence-corrected chi connectivity index (χ3v) is 13.1. The number of hydrogen-bond donors (Lipinski definition) is 10. The Morgan fingerprint density at radius 1 is 1.06 bits per heavy atom. The molecule has 2 aromatic heterocycles. The van der Waals surface area contributed by atoms with Gasteiger partial charge in [-0.3, -0.25) is 13.9 Å². The van der Waals surface area contributed by atoms with E-state index in [1.54, 1.807) is 11.8 Å². The summed E-state index contributed by atoms with van der Waals surface area (Å²) < 4.78 is 59.1. The molecule has 11 N–H and O–H groups in total. The Hall–Kier alpha value is -2.96. The Kier molecular flexibility index (Phi) is 12.8. The topological polar surface area (TPSA) is 367 Å². The lowest BCUT2D eigenvalue weighted by molar-refractivity contribution is -0.121. The number of rotatable bonds is 17. The maximum atomic E-state index is 12.8. The van der Waals surface area contributed by atoms with Crippen molar-refractivity contribution >= 4 is 70.2 Å². The molecule has 9 atom stereocenters. The van der Waals surface area contributed by atoms with Crippen LogP contribution in [0.1, 0.15) is 31.9 Å². The molecule has 0 radical (unpaired) electrons. The van der Waals surface area contributed by atoms with Crippen LogP contribution < -0.4 is 27.0 Å². The van der Waals surface area contributed by atoms with Crippen molar-refractivity contribution in [2.24, 2.45) is 0 Å². The van der Waals surface area contributed by atoms with Crippen LogP contribution in [0, 0.1) is 0 Å². The summed E-state index contributed by atoms with van der Waals surface area (Å²) in [4.78, 5) is 85.2. The number of amides is 4. The molecule has 3 fully saturated rings. The molecule has 0 aromatic carbocycles. The smallest absolute Gasteiger partial charge is 0.439 e. The lowest BCUT2D eigenvalue weighted by Gasteiger charge is -2.22. The lowest BCUT2D eigenvalue weighted by atomic mass is 10.0. The molecule has 29 heteroatoms. The predicted octanol–water partition coefficient (Wildman–Crippen LogP) is -1.05. The second-order valence-corrected chi connectivity index (χ2v) is 17.2. The number of anilines is 1. The number of nitrogens with zero attached hydrogens (tertiary/aromatic N) is 4. The van der Waals surface area contributed by atoms with Gasteiger partial charge in [-0.1, -0.05) is 6.42 Å². The van der Waals surface area contributed by atoms with Gasteiger partial charge in [-0.15, -0.1) is 0 Å². The maximum Gasteiger partial charge on any atom is 0.490 e. The predicted molar refractivity (Wildman–Crippen MR) is 175 cm³/mol. The first-order chi connectivity index (χ1) is 24.4. The van der Waals surface area contributed by atoms with Gasteiger partial charge in [0.15, 0.2) is 23.8 Å². The van der Waals surface area contributed by atoms with Gasteiger partial charge in [-0.25, -0.2) is 38.2 Å². The standard InChI is InChI=1S/C23H36N9O16P3S/c24-19-16-20(28-9-27-19)32(10-29-16)21-18(17(34)12(45-21)7-44-50(40,41)48-51(42,43)47-49(37,38)39)46-23(36)26-6-5-25-14(33)4-2-1-3-13-15-11(8-52-13)30-22(35)31-15/h9-13,15,17-18,21,34H,1-8H2,(H,25,33)(H,26,36)(H,40,41)(H,42,43)(H2,24,27,28)(H2,30,31,35)(H2,37,38,39)/t11-,12+,13-,15-,17+,18+,21+/m0/s1. The van der Waals surface area contributed by atoms with Gasteiger partial charge in [0.25, 0.3) is 0 Å². The summed E-state index contributed by atoms with van der Waals surface area (Å²) in [6, 6.07) is 0.0534. The molecule has 0 bridgehead atoms. The Morgan fingerprint density at radius 3 is 2.56 bits per heavy atom. The van der Waals surface area contributed by atoms with E-state index in [1.165, 1.54) is 10.9 Å². The zero-order valence-corrected chi connectivity index (χ0v) is 30.2. The van der Waals surface area contributed by atoms with Crippen molar-refractivity contribution in [2.45, 2.75) is 67.6 Å². The van der Waals surface area contributed by atoms with Crippen LogP contribution in [0.25, 0.3) is 11.2 Å². The van der Waals surface area contributed by atoms with Gasteiger partial charge in [0.05, 0.1) is 25.0 Å². The number of ether oxygens (including phenoxy) is 2. The van der Waals surface area contributed by atoms with Crippen LogP contribution in [0.4, 0.5) is 15.4 Å². The number of imidazole rings is 1. The molecule has 3 aliphatic heterocycles. The molecule has 5 heterocycles. The number of aliphatic hydroxyl groups is 1. The Labute approximate surface area is 297 Å². The van der Waals surface area contributed by atoms with Crippen molar-refractivity contribution in [3.8, 4) is 0 Å². The summed E-state index contributed by atoms with van der Waals surface area (Å²) in [7, 11) is -17.1. The van der Waals surface area contributed by atoms with Crippen molar-refractivity contribution in [3.05, 3.63) is 12.7 Å². The zero-order valence-electron chi connectivity index (χ0n) is 26.7. The first-order valence-electron chi connectivity index (χ1n) is 15.4. The number of unbranched alkanes of at least 4 members (excludes halogenated alkanes) is 1. The molecule has 3 saturated heterocycles. The number of carbonyl (C=O) groups excluding carboxylic acids is 3. The van der Waals surface area contributed by atoms with E-state index >= 15 is 0 Å². The first-order valence-corrected chi connectivity index (χ1v) is 20.9. The van der Waals surface area contributed by atoms with E-state index in [2.05, 4.69) is 49.4 Å². The van der Waals surface area contributed by atoms with E-state index in [0.717, 1.165) is 24.9 Å². The molecule has 5 rings (SSSR count). The number of carbonyl (C=O) groups is 3. The molecule has 4 amide bonds. The zero-order chi connectivity index (χ0) is 37.8. The molecule has 52 heavy (non-hydrogen) atoms. The summed E-state index contributed by atoms with van der Waals surface area (Å²) in [6.45, 7) is -1.11. The van der Waals surface area contributed by atoms with E-state index in [0.29, 0.717) is 6.42 Å². The van der Waals surface area contributed by atoms with Crippen molar-refractivity contribution in [1.82, 2.24) is 40.8 Å². The van der Waals surface area contributed by atoms with Crippen LogP contribution in [0.3, 0.4) is 0 Å². The van der Waals surface area contributed by atoms with Gasteiger partial charge >= 0.3 is 35.6 Å². The van der Waals surface area contributed by atoms with Crippen LogP contribution in [0.5, 0.6) is 0 Å². The summed E-state index contributed by atoms with van der Waals surface area (Å²) in [5.41, 5.74) is 6.02. The number of hydrogen-bond acceptors (Lipinski definition) is 17. The fourth-order valence-electron chi connectivity index (χ4n) is 5.63. The van der Waals surface area contributed by atoms with Gasteiger partial charge in [0.2, 0.25) is 5.91 Å². The fraction of sp³-hybridized carbons (Fsp3) is 0.652. The third-order valence-electron chi connectivity index (χ3n) is 7.83. The number of nitrogens with one attached hydrogen (secondary N) is 4. The molecule has 290 valence electrons. The van der Waals surface area contributed by atoms with Gasteiger partial charge in [0.1, 0.15) is 24.1 Å². The molecular formula is C23H36N9O16P3S. The number of aromatic nitrogens is 4. The molecule has 25 nitrogen and oxygen atoms in total. The second-order valence-electron chi connectivity index (χ2n) is 11.5. The van der Waals surface area contributed by atoms with E-state index in [-0.39, 0.29) is 65.8 Å². The van der Waals surface area contributed by atoms with Crippen LogP contribution in [-0.2, 0) is 41.1 Å². The number of alkyl carbamates (subject to hydrolysis) is 1. The van der Waals surface area contributed by atoms with E-state index in [4.69, 9.17) is 25.0 Å². The number of nitrogen functional groups attached to an aromatic ring is 1. The number of thioether (sulfide) groups is 1. The molecular weight excluding hydrogens is 783 g/mol. The minimum Gasteiger partial charge on any atom is -0.439 e. The minimum atomic E-state index is -5.82. The van der Waals surface area contributed by atoms with E-state index in [1.807, 2.05) is 0 Å². The highest BCUT2D eigenvalue weighted by Crippen LogP contribution is 2.66. The van der Waals surface area contributed by atoms with E-state index < -0.39 is 60.7 Å². The van der Waals surface area contributed by atoms with Crippen molar-refractivity contribution in [3.63, 3.8) is 0 Å². The number of phosphoric acid groups is 3. The highest BCUT2D eigenvalue weighted by molar-refractivity contribution is 8.00. The third kappa shape index (κ3) is 10.6. The van der Waals surface area contributed by atoms with Crippen LogP contribution in [-0.4, -0.2) is 123 Å². The van der Waals surface area contributed by atoms with Gasteiger partial charge in [-0.05, 0) is 12.8 Å². The number of phosphoric ester groups is 1. The second kappa shape index (κ2) is 16.6. The highest BCUT2D eigenvalue weighted by Gasteiger charge is 2.50. The molecule has 2 aromatic rings. The quantitative estimate of drug-likeness (QED) is 0.0517. The van der Waals surface area contributed by atoms with Gasteiger partial charge in [0, 0.05) is 30.5 Å². The summed E-state index contributed by atoms with van der Waals surface area (Å²) in [5.74, 6) is 0.582. The average Bonchev–Trinajstić information content (AvgIpc) is 3.79. The summed E-state index contributed by atoms with van der Waals surface area (Å²) in [5, 5.41) is 22.2.